The molecule has 1 heterocycles. The highest BCUT2D eigenvalue weighted by Gasteiger charge is 2.23. The van der Waals surface area contributed by atoms with E-state index >= 15 is 0 Å². The van der Waals surface area contributed by atoms with E-state index in [4.69, 9.17) is 9.97 Å². The summed E-state index contributed by atoms with van der Waals surface area (Å²) in [6.07, 6.45) is 4.63. The minimum Gasteiger partial charge on any atom is -0.362 e. The van der Waals surface area contributed by atoms with E-state index in [1.54, 1.807) is 0 Å². The lowest BCUT2D eigenvalue weighted by molar-refractivity contribution is 0.232. The number of hydrogen-bond donors (Lipinski definition) is 3. The highest BCUT2D eigenvalue weighted by Crippen LogP contribution is 2.26. The Morgan fingerprint density at radius 2 is 1.70 bits per heavy atom. The van der Waals surface area contributed by atoms with Gasteiger partial charge in [-0.15, -0.1) is 0 Å². The Labute approximate surface area is 203 Å². The van der Waals surface area contributed by atoms with Crippen LogP contribution in [0.1, 0.15) is 31.2 Å². The van der Waals surface area contributed by atoms with E-state index in [1.807, 2.05) is 49.3 Å². The molecule has 1 aliphatic carbocycles. The first kappa shape index (κ1) is 23.3. The highest BCUT2D eigenvalue weighted by molar-refractivity contribution is 9.10. The maximum Gasteiger partial charge on any atom is 0.315 e. The number of para-hydroxylation sites is 1. The number of nitrogens with one attached hydrogen (secondary N) is 3. The number of hydrogen-bond acceptors (Lipinski definition) is 5. The SMILES string of the molecule is CN(C)c1nc(N[C@H]2CC[C@@H](NC(=O)NCCc3ccc(Br)cc3)CC2)nc2ccccc12. The molecule has 0 radical (unpaired) electrons. The summed E-state index contributed by atoms with van der Waals surface area (Å²) < 4.78 is 1.06. The Hall–Kier alpha value is -2.87. The first-order valence-electron chi connectivity index (χ1n) is 11.5. The lowest BCUT2D eigenvalue weighted by atomic mass is 9.91. The molecule has 3 aromatic rings. The topological polar surface area (TPSA) is 82.2 Å². The molecule has 0 bridgehead atoms. The van der Waals surface area contributed by atoms with Crippen molar-refractivity contribution in [1.29, 1.82) is 0 Å². The zero-order chi connectivity index (χ0) is 23.2. The molecular weight excluding hydrogens is 480 g/mol. The third kappa shape index (κ3) is 6.35. The third-order valence-electron chi connectivity index (χ3n) is 6.01. The molecular formula is C25H31BrN6O. The second kappa shape index (κ2) is 10.8. The van der Waals surface area contributed by atoms with Gasteiger partial charge < -0.3 is 20.9 Å². The number of carbonyl (C=O) groups is 1. The lowest BCUT2D eigenvalue weighted by Gasteiger charge is -2.30. The van der Waals surface area contributed by atoms with Crippen molar-refractivity contribution >= 4 is 44.6 Å². The summed E-state index contributed by atoms with van der Waals surface area (Å²) in [7, 11) is 4.00. The predicted molar refractivity (Wildman–Crippen MR) is 138 cm³/mol. The Kier molecular flexibility index (Phi) is 7.65. The van der Waals surface area contributed by atoms with Gasteiger partial charge in [0.1, 0.15) is 5.82 Å². The van der Waals surface area contributed by atoms with Crippen LogP contribution in [0.5, 0.6) is 0 Å². The smallest absolute Gasteiger partial charge is 0.315 e. The molecule has 3 N–H and O–H groups in total. The number of benzene rings is 2. The standard InChI is InChI=1S/C25H31BrN6O/c1-32(2)23-21-5-3-4-6-22(21)30-24(31-23)28-19-11-13-20(14-12-19)29-25(33)27-16-15-17-7-9-18(26)10-8-17/h3-10,19-20H,11-16H2,1-2H3,(H2,27,29,33)(H,28,30,31)/t19-,20+. The Bertz CT molecular complexity index is 1080. The minimum absolute atomic E-state index is 0.0861. The zero-order valence-corrected chi connectivity index (χ0v) is 20.7. The summed E-state index contributed by atoms with van der Waals surface area (Å²) in [4.78, 5) is 23.8. The van der Waals surface area contributed by atoms with Crippen molar-refractivity contribution in [3.05, 3.63) is 58.6 Å². The van der Waals surface area contributed by atoms with E-state index in [0.717, 1.165) is 53.3 Å². The normalized spacial score (nSPS) is 18.0. The highest BCUT2D eigenvalue weighted by atomic mass is 79.9. The summed E-state index contributed by atoms with van der Waals surface area (Å²) >= 11 is 3.44. The molecule has 8 heteroatoms. The van der Waals surface area contributed by atoms with Crippen LogP contribution >= 0.6 is 15.9 Å². The third-order valence-corrected chi connectivity index (χ3v) is 6.54. The first-order chi connectivity index (χ1) is 16.0. The predicted octanol–water partition coefficient (Wildman–Crippen LogP) is 4.72. The van der Waals surface area contributed by atoms with E-state index in [1.165, 1.54) is 5.56 Å². The van der Waals surface area contributed by atoms with Crippen LogP contribution in [0.3, 0.4) is 0 Å². The fraction of sp³-hybridized carbons (Fsp3) is 0.400. The van der Waals surface area contributed by atoms with Crippen LogP contribution in [0.25, 0.3) is 10.9 Å². The molecule has 1 saturated carbocycles. The van der Waals surface area contributed by atoms with Gasteiger partial charge >= 0.3 is 6.03 Å². The number of fused-ring (bicyclic) bond motifs is 1. The van der Waals surface area contributed by atoms with Crippen molar-refractivity contribution in [2.75, 3.05) is 30.9 Å². The fourth-order valence-corrected chi connectivity index (χ4v) is 4.50. The summed E-state index contributed by atoms with van der Waals surface area (Å²) in [6.45, 7) is 0.623. The molecule has 1 fully saturated rings. The average molecular weight is 511 g/mol. The van der Waals surface area contributed by atoms with E-state index in [2.05, 4.69) is 50.1 Å². The number of anilines is 2. The monoisotopic (exact) mass is 510 g/mol. The van der Waals surface area contributed by atoms with Crippen LogP contribution in [0.15, 0.2) is 53.0 Å². The minimum atomic E-state index is -0.0861. The molecule has 2 amide bonds. The van der Waals surface area contributed by atoms with Crippen LogP contribution in [-0.2, 0) is 6.42 Å². The van der Waals surface area contributed by atoms with E-state index in [0.29, 0.717) is 18.5 Å². The first-order valence-corrected chi connectivity index (χ1v) is 12.3. The van der Waals surface area contributed by atoms with Gasteiger partial charge in [0.05, 0.1) is 5.52 Å². The van der Waals surface area contributed by atoms with E-state index in [9.17, 15) is 4.79 Å². The van der Waals surface area contributed by atoms with Gasteiger partial charge in [-0.2, -0.15) is 4.98 Å². The molecule has 0 atom stereocenters. The van der Waals surface area contributed by atoms with Crippen molar-refractivity contribution in [3.8, 4) is 0 Å². The quantitative estimate of drug-likeness (QED) is 0.428. The number of carbonyl (C=O) groups excluding carboxylic acids is 1. The molecule has 0 spiro atoms. The number of amides is 2. The van der Waals surface area contributed by atoms with Gasteiger partial charge in [0.25, 0.3) is 0 Å². The second-order valence-electron chi connectivity index (χ2n) is 8.75. The molecule has 174 valence electrons. The number of urea groups is 1. The van der Waals surface area contributed by atoms with Gasteiger partial charge in [0.2, 0.25) is 5.95 Å². The number of nitrogens with zero attached hydrogens (tertiary/aromatic N) is 3. The summed E-state index contributed by atoms with van der Waals surface area (Å²) in [5.41, 5.74) is 2.15. The van der Waals surface area contributed by atoms with Crippen molar-refractivity contribution < 1.29 is 4.79 Å². The number of halogens is 1. The summed E-state index contributed by atoms with van der Waals surface area (Å²) in [6, 6.07) is 16.7. The van der Waals surface area contributed by atoms with Crippen LogP contribution < -0.4 is 20.9 Å². The van der Waals surface area contributed by atoms with Gasteiger partial charge in [0.15, 0.2) is 0 Å². The molecule has 4 rings (SSSR count). The van der Waals surface area contributed by atoms with Gasteiger partial charge in [0, 0.05) is 42.6 Å². The Balaban J connectivity index is 1.23. The maximum atomic E-state index is 12.3. The van der Waals surface area contributed by atoms with Crippen molar-refractivity contribution in [2.24, 2.45) is 0 Å². The van der Waals surface area contributed by atoms with Crippen molar-refractivity contribution in [3.63, 3.8) is 0 Å². The summed E-state index contributed by atoms with van der Waals surface area (Å²) in [5.74, 6) is 1.58. The van der Waals surface area contributed by atoms with Gasteiger partial charge in [-0.05, 0) is 61.9 Å². The fourth-order valence-electron chi connectivity index (χ4n) is 4.24. The molecule has 33 heavy (non-hydrogen) atoms. The zero-order valence-electron chi connectivity index (χ0n) is 19.1. The molecule has 7 nitrogen and oxygen atoms in total. The molecule has 1 aromatic heterocycles. The molecule has 2 aromatic carbocycles. The summed E-state index contributed by atoms with van der Waals surface area (Å²) in [5, 5.41) is 10.7. The van der Waals surface area contributed by atoms with Crippen molar-refractivity contribution in [2.45, 2.75) is 44.2 Å². The van der Waals surface area contributed by atoms with Gasteiger partial charge in [-0.25, -0.2) is 9.78 Å². The lowest BCUT2D eigenvalue weighted by Crippen LogP contribution is -2.45. The maximum absolute atomic E-state index is 12.3. The molecule has 1 aliphatic rings. The number of rotatable bonds is 7. The number of aromatic nitrogens is 2. The van der Waals surface area contributed by atoms with Crippen molar-refractivity contribution in [1.82, 2.24) is 20.6 Å². The molecule has 0 unspecified atom stereocenters. The molecule has 0 saturated heterocycles. The Morgan fingerprint density at radius 1 is 1.00 bits per heavy atom. The van der Waals surface area contributed by atoms with Gasteiger partial charge in [-0.1, -0.05) is 40.2 Å². The van der Waals surface area contributed by atoms with Crippen LogP contribution in [0.2, 0.25) is 0 Å². The van der Waals surface area contributed by atoms with Crippen LogP contribution in [0.4, 0.5) is 16.6 Å². The van der Waals surface area contributed by atoms with E-state index in [-0.39, 0.29) is 12.1 Å². The van der Waals surface area contributed by atoms with E-state index < -0.39 is 0 Å². The second-order valence-corrected chi connectivity index (χ2v) is 9.67. The average Bonchev–Trinajstić information content (AvgIpc) is 2.81. The largest absolute Gasteiger partial charge is 0.362 e. The van der Waals surface area contributed by atoms with Gasteiger partial charge in [-0.3, -0.25) is 0 Å². The molecule has 0 aliphatic heterocycles. The van der Waals surface area contributed by atoms with Crippen LogP contribution in [-0.4, -0.2) is 48.7 Å². The Morgan fingerprint density at radius 3 is 2.42 bits per heavy atom. The van der Waals surface area contributed by atoms with Crippen LogP contribution in [0, 0.1) is 0 Å².